The third-order valence-corrected chi connectivity index (χ3v) is 5.86. The zero-order chi connectivity index (χ0) is 17.2. The van der Waals surface area contributed by atoms with Gasteiger partial charge in [0.25, 0.3) is 0 Å². The molecule has 4 nitrogen and oxygen atoms in total. The molecule has 1 N–H and O–H groups in total. The molecule has 2 aromatic carbocycles. The number of rotatable bonds is 5. The molecule has 0 aromatic heterocycles. The summed E-state index contributed by atoms with van der Waals surface area (Å²) in [6, 6.07) is 12.5. The van der Waals surface area contributed by atoms with Crippen molar-refractivity contribution in [3.8, 4) is 0 Å². The maximum atomic E-state index is 12.9. The molecule has 1 heterocycles. The van der Waals surface area contributed by atoms with Crippen molar-refractivity contribution in [2.75, 3.05) is 24.5 Å². The Morgan fingerprint density at radius 1 is 1.12 bits per heavy atom. The maximum absolute atomic E-state index is 12.9. The Bertz CT molecular complexity index is 794. The molecule has 7 heteroatoms. The van der Waals surface area contributed by atoms with Gasteiger partial charge >= 0.3 is 0 Å². The fourth-order valence-corrected chi connectivity index (χ4v) is 4.05. The zero-order valence-electron chi connectivity index (χ0n) is 13.0. The standard InChI is InChI=1S/C17H18ClFN2O2S/c18-14-1-5-16(6-2-14)21-10-9-13(12-21)11-20-24(22,23)17-7-3-15(19)4-8-17/h1-8,13,20H,9-12H2. The van der Waals surface area contributed by atoms with Crippen LogP contribution in [0.15, 0.2) is 53.4 Å². The van der Waals surface area contributed by atoms with Gasteiger partial charge in [-0.2, -0.15) is 0 Å². The molecule has 128 valence electrons. The van der Waals surface area contributed by atoms with Crippen molar-refractivity contribution in [2.45, 2.75) is 11.3 Å². The van der Waals surface area contributed by atoms with E-state index in [1.807, 2.05) is 24.3 Å². The van der Waals surface area contributed by atoms with Crippen LogP contribution in [0, 0.1) is 11.7 Å². The second-order valence-corrected chi connectivity index (χ2v) is 8.09. The Balaban J connectivity index is 1.57. The maximum Gasteiger partial charge on any atom is 0.240 e. The lowest BCUT2D eigenvalue weighted by molar-refractivity contribution is 0.541. The molecule has 0 radical (unpaired) electrons. The van der Waals surface area contributed by atoms with Gasteiger partial charge < -0.3 is 4.90 Å². The molecule has 0 amide bonds. The summed E-state index contributed by atoms with van der Waals surface area (Å²) in [5, 5.41) is 0.696. The van der Waals surface area contributed by atoms with Gasteiger partial charge in [-0.3, -0.25) is 0 Å². The number of sulfonamides is 1. The summed E-state index contributed by atoms with van der Waals surface area (Å²) in [4.78, 5) is 2.30. The molecule has 0 aliphatic carbocycles. The highest BCUT2D eigenvalue weighted by Crippen LogP contribution is 2.25. The van der Waals surface area contributed by atoms with Gasteiger partial charge in [0.2, 0.25) is 10.0 Å². The first-order chi connectivity index (χ1) is 11.4. The van der Waals surface area contributed by atoms with Gasteiger partial charge in [-0.1, -0.05) is 11.6 Å². The molecule has 24 heavy (non-hydrogen) atoms. The number of benzene rings is 2. The normalized spacial score (nSPS) is 18.1. The molecule has 1 aliphatic heterocycles. The van der Waals surface area contributed by atoms with Crippen molar-refractivity contribution in [3.63, 3.8) is 0 Å². The first-order valence-corrected chi connectivity index (χ1v) is 9.56. The predicted molar refractivity (Wildman–Crippen MR) is 93.4 cm³/mol. The SMILES string of the molecule is O=S(=O)(NCC1CCN(c2ccc(Cl)cc2)C1)c1ccc(F)cc1. The highest BCUT2D eigenvalue weighted by atomic mass is 35.5. The number of nitrogens with zero attached hydrogens (tertiary/aromatic N) is 1. The van der Waals surface area contributed by atoms with E-state index in [9.17, 15) is 12.8 Å². The van der Waals surface area contributed by atoms with Crippen LogP contribution in [-0.2, 0) is 10.0 Å². The molecule has 1 atom stereocenters. The fourth-order valence-electron chi connectivity index (χ4n) is 2.81. The first-order valence-electron chi connectivity index (χ1n) is 7.70. The molecule has 1 saturated heterocycles. The molecule has 0 bridgehead atoms. The second kappa shape index (κ2) is 7.09. The highest BCUT2D eigenvalue weighted by molar-refractivity contribution is 7.89. The van der Waals surface area contributed by atoms with E-state index < -0.39 is 15.8 Å². The Labute approximate surface area is 146 Å². The van der Waals surface area contributed by atoms with Crippen LogP contribution in [0.3, 0.4) is 0 Å². The number of halogens is 2. The minimum Gasteiger partial charge on any atom is -0.371 e. The largest absolute Gasteiger partial charge is 0.371 e. The fraction of sp³-hybridized carbons (Fsp3) is 0.294. The van der Waals surface area contributed by atoms with E-state index in [4.69, 9.17) is 11.6 Å². The summed E-state index contributed by atoms with van der Waals surface area (Å²) >= 11 is 5.90. The van der Waals surface area contributed by atoms with Gasteiger partial charge in [0, 0.05) is 30.3 Å². The van der Waals surface area contributed by atoms with Crippen molar-refractivity contribution >= 4 is 27.3 Å². The van der Waals surface area contributed by atoms with E-state index in [0.29, 0.717) is 11.6 Å². The Kier molecular flexibility index (Phi) is 5.08. The van der Waals surface area contributed by atoms with Crippen molar-refractivity contribution in [1.82, 2.24) is 4.72 Å². The van der Waals surface area contributed by atoms with Gasteiger partial charge in [-0.05, 0) is 60.9 Å². The minimum absolute atomic E-state index is 0.0801. The van der Waals surface area contributed by atoms with Crippen molar-refractivity contribution in [2.24, 2.45) is 5.92 Å². The van der Waals surface area contributed by atoms with Crippen molar-refractivity contribution in [1.29, 1.82) is 0 Å². The average Bonchev–Trinajstić information content (AvgIpc) is 3.03. The van der Waals surface area contributed by atoms with Crippen LogP contribution in [0.1, 0.15) is 6.42 Å². The van der Waals surface area contributed by atoms with Crippen LogP contribution in [-0.4, -0.2) is 28.1 Å². The van der Waals surface area contributed by atoms with E-state index in [2.05, 4.69) is 9.62 Å². The third kappa shape index (κ3) is 4.06. The first kappa shape index (κ1) is 17.2. The lowest BCUT2D eigenvalue weighted by Gasteiger charge is -2.19. The van der Waals surface area contributed by atoms with Gasteiger partial charge in [0.15, 0.2) is 0 Å². The molecular formula is C17H18ClFN2O2S. The van der Waals surface area contributed by atoms with Crippen LogP contribution in [0.5, 0.6) is 0 Å². The molecule has 3 rings (SSSR count). The minimum atomic E-state index is -3.60. The van der Waals surface area contributed by atoms with E-state index in [1.165, 1.54) is 12.1 Å². The Morgan fingerprint density at radius 2 is 1.79 bits per heavy atom. The summed E-state index contributed by atoms with van der Waals surface area (Å²) in [6.45, 7) is 2.03. The number of anilines is 1. The molecule has 2 aromatic rings. The van der Waals surface area contributed by atoms with E-state index in [1.54, 1.807) is 0 Å². The van der Waals surface area contributed by atoms with Crippen LogP contribution in [0.4, 0.5) is 10.1 Å². The summed E-state index contributed by atoms with van der Waals surface area (Å²) in [6.07, 6.45) is 0.911. The topological polar surface area (TPSA) is 49.4 Å². The van der Waals surface area contributed by atoms with Crippen molar-refractivity contribution < 1.29 is 12.8 Å². The predicted octanol–water partition coefficient (Wildman–Crippen LogP) is 3.28. The molecule has 1 aliphatic rings. The molecule has 0 saturated carbocycles. The summed E-state index contributed by atoms with van der Waals surface area (Å²) in [7, 11) is -3.60. The number of nitrogens with one attached hydrogen (secondary N) is 1. The van der Waals surface area contributed by atoms with Crippen LogP contribution < -0.4 is 9.62 Å². The molecule has 1 unspecified atom stereocenters. The summed E-state index contributed by atoms with van der Waals surface area (Å²) in [5.74, 6) is -0.223. The molecule has 1 fully saturated rings. The van der Waals surface area contributed by atoms with Gasteiger partial charge in [-0.15, -0.1) is 0 Å². The van der Waals surface area contributed by atoms with E-state index in [-0.39, 0.29) is 10.8 Å². The van der Waals surface area contributed by atoms with Crippen LogP contribution in [0.2, 0.25) is 5.02 Å². The van der Waals surface area contributed by atoms with E-state index >= 15 is 0 Å². The Morgan fingerprint density at radius 3 is 2.46 bits per heavy atom. The quantitative estimate of drug-likeness (QED) is 0.881. The lowest BCUT2D eigenvalue weighted by Crippen LogP contribution is -2.31. The molecule has 0 spiro atoms. The number of hydrogen-bond donors (Lipinski definition) is 1. The van der Waals surface area contributed by atoms with E-state index in [0.717, 1.165) is 37.3 Å². The highest BCUT2D eigenvalue weighted by Gasteiger charge is 2.24. The molecular weight excluding hydrogens is 351 g/mol. The second-order valence-electron chi connectivity index (χ2n) is 5.88. The smallest absolute Gasteiger partial charge is 0.240 e. The van der Waals surface area contributed by atoms with Gasteiger partial charge in [0.05, 0.1) is 4.90 Å². The zero-order valence-corrected chi connectivity index (χ0v) is 14.5. The van der Waals surface area contributed by atoms with Crippen molar-refractivity contribution in [3.05, 3.63) is 59.4 Å². The van der Waals surface area contributed by atoms with Gasteiger partial charge in [0.1, 0.15) is 5.82 Å². The summed E-state index contributed by atoms with van der Waals surface area (Å²) in [5.41, 5.74) is 1.09. The van der Waals surface area contributed by atoms with Crippen LogP contribution >= 0.6 is 11.6 Å². The summed E-state index contributed by atoms with van der Waals surface area (Å²) < 4.78 is 40.0. The average molecular weight is 369 g/mol. The van der Waals surface area contributed by atoms with Crippen LogP contribution in [0.25, 0.3) is 0 Å². The lowest BCUT2D eigenvalue weighted by atomic mass is 10.1. The third-order valence-electron chi connectivity index (χ3n) is 4.16. The Hall–Kier alpha value is -1.63. The number of hydrogen-bond acceptors (Lipinski definition) is 3. The van der Waals surface area contributed by atoms with Gasteiger partial charge in [-0.25, -0.2) is 17.5 Å². The monoisotopic (exact) mass is 368 g/mol.